The first-order valence-electron chi connectivity index (χ1n) is 6.30. The molecule has 0 saturated carbocycles. The molecular weight excluding hydrogens is 224 g/mol. The predicted octanol–water partition coefficient (Wildman–Crippen LogP) is 1.49. The summed E-state index contributed by atoms with van der Waals surface area (Å²) >= 11 is 0. The van der Waals surface area contributed by atoms with E-state index in [1.165, 1.54) is 0 Å². The quantitative estimate of drug-likeness (QED) is 0.546. The second-order valence-electron chi connectivity index (χ2n) is 4.02. The molecule has 5 heteroatoms. The van der Waals surface area contributed by atoms with Gasteiger partial charge in [-0.05, 0) is 38.8 Å². The molecule has 0 aliphatic heterocycles. The maximum Gasteiger partial charge on any atom is 0.211 e. The first kappa shape index (κ1) is 15.9. The second kappa shape index (κ2) is 10.1. The highest BCUT2D eigenvalue weighted by Crippen LogP contribution is 1.95. The van der Waals surface area contributed by atoms with Crippen LogP contribution in [0, 0.1) is 0 Å². The first-order chi connectivity index (χ1) is 7.62. The van der Waals surface area contributed by atoms with Gasteiger partial charge in [-0.2, -0.15) is 0 Å². The fraction of sp³-hybridized carbons (Fsp3) is 1.00. The average molecular weight is 250 g/mol. The van der Waals surface area contributed by atoms with E-state index in [0.717, 1.165) is 45.2 Å². The summed E-state index contributed by atoms with van der Waals surface area (Å²) in [4.78, 5) is 0. The van der Waals surface area contributed by atoms with Crippen LogP contribution in [0.15, 0.2) is 0 Å². The van der Waals surface area contributed by atoms with Crippen LogP contribution in [0.4, 0.5) is 0 Å². The molecule has 16 heavy (non-hydrogen) atoms. The molecule has 0 rings (SSSR count). The minimum atomic E-state index is -3.02. The lowest BCUT2D eigenvalue weighted by molar-refractivity contribution is 0.570. The van der Waals surface area contributed by atoms with Crippen molar-refractivity contribution < 1.29 is 8.42 Å². The summed E-state index contributed by atoms with van der Waals surface area (Å²) < 4.78 is 25.5. The standard InChI is InChI=1S/C11H26N2O2S/c1-3-5-10-13-16(14,15)11-7-6-9-12-8-4-2/h12-13H,3-11H2,1-2H3. The Bertz CT molecular complexity index is 240. The number of unbranched alkanes of at least 4 members (excludes halogenated alkanes) is 2. The van der Waals surface area contributed by atoms with E-state index < -0.39 is 10.0 Å². The maximum absolute atomic E-state index is 11.5. The number of sulfonamides is 1. The zero-order chi connectivity index (χ0) is 12.3. The summed E-state index contributed by atoms with van der Waals surface area (Å²) in [7, 11) is -3.02. The molecule has 0 bridgehead atoms. The monoisotopic (exact) mass is 250 g/mol. The van der Waals surface area contributed by atoms with Crippen molar-refractivity contribution >= 4 is 10.0 Å². The Balaban J connectivity index is 3.43. The molecule has 2 N–H and O–H groups in total. The Morgan fingerprint density at radius 2 is 1.62 bits per heavy atom. The van der Waals surface area contributed by atoms with Gasteiger partial charge in [0.25, 0.3) is 0 Å². The fourth-order valence-electron chi connectivity index (χ4n) is 1.32. The lowest BCUT2D eigenvalue weighted by Crippen LogP contribution is -2.27. The van der Waals surface area contributed by atoms with Gasteiger partial charge < -0.3 is 5.32 Å². The summed E-state index contributed by atoms with van der Waals surface area (Å²) in [6.07, 6.45) is 4.71. The molecule has 4 nitrogen and oxygen atoms in total. The third-order valence-electron chi connectivity index (χ3n) is 2.30. The highest BCUT2D eigenvalue weighted by Gasteiger charge is 2.07. The van der Waals surface area contributed by atoms with E-state index >= 15 is 0 Å². The molecule has 0 aliphatic carbocycles. The predicted molar refractivity (Wildman–Crippen MR) is 69.1 cm³/mol. The summed E-state index contributed by atoms with van der Waals surface area (Å²) in [6.45, 7) is 6.68. The van der Waals surface area contributed by atoms with E-state index in [1.807, 2.05) is 6.92 Å². The number of hydrogen-bond acceptors (Lipinski definition) is 3. The molecule has 0 aromatic carbocycles. The minimum Gasteiger partial charge on any atom is -0.317 e. The van der Waals surface area contributed by atoms with E-state index in [4.69, 9.17) is 0 Å². The van der Waals surface area contributed by atoms with E-state index in [-0.39, 0.29) is 5.75 Å². The van der Waals surface area contributed by atoms with Crippen molar-refractivity contribution in [3.05, 3.63) is 0 Å². The lowest BCUT2D eigenvalue weighted by atomic mass is 10.3. The molecule has 0 aromatic heterocycles. The molecule has 0 amide bonds. The average Bonchev–Trinajstić information content (AvgIpc) is 2.23. The lowest BCUT2D eigenvalue weighted by Gasteiger charge is -2.06. The van der Waals surface area contributed by atoms with Crippen molar-refractivity contribution in [1.29, 1.82) is 0 Å². The Morgan fingerprint density at radius 3 is 2.25 bits per heavy atom. The van der Waals surface area contributed by atoms with Gasteiger partial charge in [-0.3, -0.25) is 0 Å². The third-order valence-corrected chi connectivity index (χ3v) is 3.77. The molecule has 0 saturated heterocycles. The Hall–Kier alpha value is -0.130. The molecule has 0 fully saturated rings. The summed E-state index contributed by atoms with van der Waals surface area (Å²) in [5.41, 5.74) is 0. The summed E-state index contributed by atoms with van der Waals surface area (Å²) in [5, 5.41) is 3.26. The van der Waals surface area contributed by atoms with Gasteiger partial charge in [-0.1, -0.05) is 20.3 Å². The number of nitrogens with one attached hydrogen (secondary N) is 2. The van der Waals surface area contributed by atoms with Gasteiger partial charge in [0, 0.05) is 6.54 Å². The molecular formula is C11H26N2O2S. The van der Waals surface area contributed by atoms with Crippen LogP contribution < -0.4 is 10.0 Å². The van der Waals surface area contributed by atoms with Gasteiger partial charge in [-0.15, -0.1) is 0 Å². The zero-order valence-corrected chi connectivity index (χ0v) is 11.4. The molecule has 0 spiro atoms. The van der Waals surface area contributed by atoms with Gasteiger partial charge in [0.2, 0.25) is 10.0 Å². The molecule has 0 heterocycles. The van der Waals surface area contributed by atoms with Crippen LogP contribution in [-0.4, -0.2) is 33.8 Å². The SMILES string of the molecule is CCCCNS(=O)(=O)CCCCNCCC. The molecule has 0 atom stereocenters. The molecule has 0 unspecified atom stereocenters. The van der Waals surface area contributed by atoms with E-state index in [9.17, 15) is 8.42 Å². The van der Waals surface area contributed by atoms with Crippen molar-refractivity contribution in [3.63, 3.8) is 0 Å². The van der Waals surface area contributed by atoms with Gasteiger partial charge >= 0.3 is 0 Å². The van der Waals surface area contributed by atoms with E-state index in [2.05, 4.69) is 17.0 Å². The summed E-state index contributed by atoms with van der Waals surface area (Å²) in [5.74, 6) is 0.254. The number of hydrogen-bond donors (Lipinski definition) is 2. The third kappa shape index (κ3) is 10.4. The normalized spacial score (nSPS) is 11.9. The van der Waals surface area contributed by atoms with Crippen LogP contribution in [0.2, 0.25) is 0 Å². The molecule has 0 aliphatic rings. The van der Waals surface area contributed by atoms with Crippen LogP contribution in [0.25, 0.3) is 0 Å². The Labute approximate surface area is 100 Å². The first-order valence-corrected chi connectivity index (χ1v) is 7.95. The number of rotatable bonds is 11. The molecule has 0 aromatic rings. The largest absolute Gasteiger partial charge is 0.317 e. The van der Waals surface area contributed by atoms with Gasteiger partial charge in [0.05, 0.1) is 5.75 Å². The van der Waals surface area contributed by atoms with Crippen molar-refractivity contribution in [2.24, 2.45) is 0 Å². The fourth-order valence-corrected chi connectivity index (χ4v) is 2.50. The van der Waals surface area contributed by atoms with Gasteiger partial charge in [0.1, 0.15) is 0 Å². The van der Waals surface area contributed by atoms with Crippen LogP contribution in [-0.2, 0) is 10.0 Å². The topological polar surface area (TPSA) is 58.2 Å². The van der Waals surface area contributed by atoms with E-state index in [0.29, 0.717) is 6.54 Å². The Morgan fingerprint density at radius 1 is 0.875 bits per heavy atom. The van der Waals surface area contributed by atoms with Crippen LogP contribution in [0.1, 0.15) is 46.0 Å². The van der Waals surface area contributed by atoms with Crippen LogP contribution in [0.5, 0.6) is 0 Å². The van der Waals surface area contributed by atoms with E-state index in [1.54, 1.807) is 0 Å². The highest BCUT2D eigenvalue weighted by atomic mass is 32.2. The smallest absolute Gasteiger partial charge is 0.211 e. The van der Waals surface area contributed by atoms with Gasteiger partial charge in [-0.25, -0.2) is 13.1 Å². The second-order valence-corrected chi connectivity index (χ2v) is 5.95. The van der Waals surface area contributed by atoms with Crippen molar-refractivity contribution in [2.75, 3.05) is 25.4 Å². The zero-order valence-electron chi connectivity index (χ0n) is 10.6. The van der Waals surface area contributed by atoms with Crippen molar-refractivity contribution in [3.8, 4) is 0 Å². The molecule has 98 valence electrons. The molecule has 0 radical (unpaired) electrons. The maximum atomic E-state index is 11.5. The van der Waals surface area contributed by atoms with Crippen molar-refractivity contribution in [2.45, 2.75) is 46.0 Å². The minimum absolute atomic E-state index is 0.254. The van der Waals surface area contributed by atoms with Crippen LogP contribution in [0.3, 0.4) is 0 Å². The van der Waals surface area contributed by atoms with Gasteiger partial charge in [0.15, 0.2) is 0 Å². The Kier molecular flexibility index (Phi) is 9.97. The summed E-state index contributed by atoms with van der Waals surface area (Å²) in [6, 6.07) is 0. The highest BCUT2D eigenvalue weighted by molar-refractivity contribution is 7.89. The van der Waals surface area contributed by atoms with Crippen molar-refractivity contribution in [1.82, 2.24) is 10.0 Å². The van der Waals surface area contributed by atoms with Crippen LogP contribution >= 0.6 is 0 Å².